The number of urea groups is 1. The van der Waals surface area contributed by atoms with Crippen LogP contribution in [0.5, 0.6) is 5.75 Å². The Labute approximate surface area is 196 Å². The van der Waals surface area contributed by atoms with Crippen molar-refractivity contribution in [3.63, 3.8) is 0 Å². The molecule has 1 atom stereocenters. The number of nitrogens with zero attached hydrogens (tertiary/aromatic N) is 2. The van der Waals surface area contributed by atoms with Crippen LogP contribution in [0.1, 0.15) is 43.7 Å². The molecule has 0 aliphatic carbocycles. The van der Waals surface area contributed by atoms with E-state index in [4.69, 9.17) is 10.5 Å². The van der Waals surface area contributed by atoms with Crippen LogP contribution in [0.2, 0.25) is 0 Å². The molecule has 2 N–H and O–H groups in total. The number of unbranched alkanes of at least 4 members (excludes halogenated alkanes) is 1. The summed E-state index contributed by atoms with van der Waals surface area (Å²) in [5.41, 5.74) is 7.60. The number of carbonyl (C=O) groups is 1. The minimum Gasteiger partial charge on any atom is -0.496 e. The van der Waals surface area contributed by atoms with Gasteiger partial charge in [-0.3, -0.25) is 4.90 Å². The highest BCUT2D eigenvalue weighted by molar-refractivity contribution is 8.03. The molecule has 0 saturated carbocycles. The van der Waals surface area contributed by atoms with Crippen LogP contribution in [0, 0.1) is 23.0 Å². The van der Waals surface area contributed by atoms with E-state index in [9.17, 15) is 14.4 Å². The van der Waals surface area contributed by atoms with E-state index < -0.39 is 23.6 Å². The monoisotopic (exact) mass is 469 g/mol. The lowest BCUT2D eigenvalue weighted by Gasteiger charge is -2.36. The fourth-order valence-electron chi connectivity index (χ4n) is 3.97. The lowest BCUT2D eigenvalue weighted by atomic mass is 9.78. The number of para-hydroxylation sites is 1. The fraction of sp³-hybridized carbons (Fsp3) is 0.280. The summed E-state index contributed by atoms with van der Waals surface area (Å²) >= 11 is 1.33. The van der Waals surface area contributed by atoms with E-state index in [1.54, 1.807) is 31.2 Å². The molecule has 1 heterocycles. The number of hydrogen-bond donors (Lipinski definition) is 1. The van der Waals surface area contributed by atoms with Crippen LogP contribution in [0.15, 0.2) is 58.8 Å². The number of amides is 2. The van der Waals surface area contributed by atoms with E-state index in [1.807, 2.05) is 6.92 Å². The van der Waals surface area contributed by atoms with Gasteiger partial charge in [-0.1, -0.05) is 37.6 Å². The van der Waals surface area contributed by atoms with Gasteiger partial charge in [0.25, 0.3) is 0 Å². The van der Waals surface area contributed by atoms with Gasteiger partial charge in [0.1, 0.15) is 17.4 Å². The van der Waals surface area contributed by atoms with Gasteiger partial charge in [-0.25, -0.2) is 13.6 Å². The first kappa shape index (κ1) is 24.3. The summed E-state index contributed by atoms with van der Waals surface area (Å²) in [6.45, 7) is 3.74. The quantitative estimate of drug-likeness (QED) is 0.493. The second-order valence-electron chi connectivity index (χ2n) is 7.50. The van der Waals surface area contributed by atoms with Crippen molar-refractivity contribution in [3.8, 4) is 11.8 Å². The third-order valence-corrected chi connectivity index (χ3v) is 6.65. The number of rotatable bonds is 7. The topological polar surface area (TPSA) is 79.3 Å². The van der Waals surface area contributed by atoms with Crippen molar-refractivity contribution >= 4 is 23.4 Å². The van der Waals surface area contributed by atoms with Crippen LogP contribution < -0.4 is 10.5 Å². The van der Waals surface area contributed by atoms with E-state index in [-0.39, 0.29) is 11.1 Å². The molecule has 33 heavy (non-hydrogen) atoms. The number of carbonyl (C=O) groups excluding carboxylic acids is 1. The number of thioether (sulfide) groups is 1. The maximum atomic E-state index is 15.1. The molecule has 2 amide bonds. The summed E-state index contributed by atoms with van der Waals surface area (Å²) < 4.78 is 34.4. The number of primary amides is 1. The highest BCUT2D eigenvalue weighted by Crippen LogP contribution is 2.50. The van der Waals surface area contributed by atoms with Gasteiger partial charge in [0.05, 0.1) is 29.7 Å². The van der Waals surface area contributed by atoms with Crippen LogP contribution in [0.4, 0.5) is 13.6 Å². The van der Waals surface area contributed by atoms with Crippen molar-refractivity contribution in [3.05, 3.63) is 81.5 Å². The van der Waals surface area contributed by atoms with Crippen molar-refractivity contribution < 1.29 is 18.3 Å². The molecule has 2 aromatic carbocycles. The summed E-state index contributed by atoms with van der Waals surface area (Å²) in [6, 6.07) is 11.8. The van der Waals surface area contributed by atoms with Crippen LogP contribution in [-0.4, -0.2) is 23.8 Å². The smallest absolute Gasteiger partial charge is 0.324 e. The Kier molecular flexibility index (Phi) is 7.77. The number of allylic oxidation sites excluding steroid dienone is 3. The number of ether oxygens (including phenoxy) is 1. The molecule has 8 heteroatoms. The van der Waals surface area contributed by atoms with Gasteiger partial charge in [-0.05, 0) is 36.8 Å². The Balaban J connectivity index is 2.37. The summed E-state index contributed by atoms with van der Waals surface area (Å²) in [7, 11) is 1.50. The van der Waals surface area contributed by atoms with Crippen molar-refractivity contribution in [2.75, 3.05) is 12.9 Å². The van der Waals surface area contributed by atoms with Crippen molar-refractivity contribution in [1.29, 1.82) is 5.26 Å². The zero-order valence-corrected chi connectivity index (χ0v) is 19.5. The number of nitrogens with two attached hydrogens (primary N) is 1. The lowest BCUT2D eigenvalue weighted by molar-refractivity contribution is 0.231. The normalized spacial score (nSPS) is 16.1. The Morgan fingerprint density at radius 3 is 2.61 bits per heavy atom. The first-order chi connectivity index (χ1) is 15.8. The Morgan fingerprint density at radius 1 is 1.27 bits per heavy atom. The number of nitriles is 1. The standard InChI is InChI=1S/C25H25F2N3O2S/c1-4-5-12-33-24-19(14-28)23(17-11-10-16(26)13-20(17)27)22(15(2)30(24)25(29)31)18-8-6-7-9-21(18)32-3/h6-11,13,23H,4-5,12H2,1-3H3,(H2,29,31). The second-order valence-corrected chi connectivity index (χ2v) is 8.59. The molecule has 0 saturated heterocycles. The lowest BCUT2D eigenvalue weighted by Crippen LogP contribution is -2.37. The van der Waals surface area contributed by atoms with E-state index in [2.05, 4.69) is 6.07 Å². The van der Waals surface area contributed by atoms with Gasteiger partial charge < -0.3 is 10.5 Å². The molecular formula is C25H25F2N3O2S. The summed E-state index contributed by atoms with van der Waals surface area (Å²) in [5.74, 6) is -1.24. The minimum atomic E-state index is -0.883. The van der Waals surface area contributed by atoms with Gasteiger partial charge >= 0.3 is 6.03 Å². The predicted molar refractivity (Wildman–Crippen MR) is 126 cm³/mol. The summed E-state index contributed by atoms with van der Waals surface area (Å²) in [6.07, 6.45) is 1.78. The van der Waals surface area contributed by atoms with Gasteiger partial charge in [0, 0.05) is 22.9 Å². The fourth-order valence-corrected chi connectivity index (χ4v) is 5.27. The largest absolute Gasteiger partial charge is 0.496 e. The molecule has 0 radical (unpaired) electrons. The zero-order valence-electron chi connectivity index (χ0n) is 18.7. The van der Waals surface area contributed by atoms with Gasteiger partial charge in [-0.2, -0.15) is 5.26 Å². The summed E-state index contributed by atoms with van der Waals surface area (Å²) in [5, 5.41) is 10.6. The zero-order chi connectivity index (χ0) is 24.1. The third kappa shape index (κ3) is 4.74. The average Bonchev–Trinajstić information content (AvgIpc) is 2.79. The Bertz CT molecular complexity index is 1170. The average molecular weight is 470 g/mol. The van der Waals surface area contributed by atoms with Crippen LogP contribution >= 0.6 is 11.8 Å². The molecule has 0 bridgehead atoms. The first-order valence-electron chi connectivity index (χ1n) is 10.5. The van der Waals surface area contributed by atoms with Crippen molar-refractivity contribution in [2.24, 2.45) is 5.73 Å². The Morgan fingerprint density at radius 2 is 2.00 bits per heavy atom. The van der Waals surface area contributed by atoms with E-state index in [1.165, 1.54) is 29.8 Å². The highest BCUT2D eigenvalue weighted by atomic mass is 32.2. The summed E-state index contributed by atoms with van der Waals surface area (Å²) in [4.78, 5) is 13.9. The van der Waals surface area contributed by atoms with Gasteiger partial charge in [0.15, 0.2) is 0 Å². The molecule has 0 aromatic heterocycles. The van der Waals surface area contributed by atoms with Crippen LogP contribution in [-0.2, 0) is 0 Å². The molecule has 1 aliphatic rings. The van der Waals surface area contributed by atoms with Crippen molar-refractivity contribution in [1.82, 2.24) is 4.90 Å². The highest BCUT2D eigenvalue weighted by Gasteiger charge is 2.39. The molecule has 1 aliphatic heterocycles. The number of benzene rings is 2. The maximum Gasteiger partial charge on any atom is 0.324 e. The van der Waals surface area contributed by atoms with E-state index in [0.717, 1.165) is 25.0 Å². The number of hydrogen-bond acceptors (Lipinski definition) is 4. The van der Waals surface area contributed by atoms with E-state index in [0.29, 0.717) is 33.4 Å². The number of methoxy groups -OCH3 is 1. The first-order valence-corrected chi connectivity index (χ1v) is 11.5. The molecule has 2 aromatic rings. The van der Waals surface area contributed by atoms with Gasteiger partial charge in [-0.15, -0.1) is 11.8 Å². The molecule has 0 fully saturated rings. The predicted octanol–water partition coefficient (Wildman–Crippen LogP) is 6.15. The molecule has 1 unspecified atom stereocenters. The second kappa shape index (κ2) is 10.5. The van der Waals surface area contributed by atoms with Crippen molar-refractivity contribution in [2.45, 2.75) is 32.6 Å². The molecular weight excluding hydrogens is 444 g/mol. The third-order valence-electron chi connectivity index (χ3n) is 5.48. The molecule has 5 nitrogen and oxygen atoms in total. The minimum absolute atomic E-state index is 0.130. The van der Waals surface area contributed by atoms with Crippen LogP contribution in [0.25, 0.3) is 5.57 Å². The maximum absolute atomic E-state index is 15.1. The molecule has 0 spiro atoms. The molecule has 3 rings (SSSR count). The van der Waals surface area contributed by atoms with E-state index >= 15 is 4.39 Å². The Hall–Kier alpha value is -3.31. The number of halogens is 2. The SMILES string of the molecule is CCCCSC1=C(C#N)C(c2ccc(F)cc2F)C(c2ccccc2OC)=C(C)N1C(N)=O. The molecule has 172 valence electrons. The van der Waals surface area contributed by atoms with Gasteiger partial charge in [0.2, 0.25) is 0 Å². The van der Waals surface area contributed by atoms with Crippen LogP contribution in [0.3, 0.4) is 0 Å².